The van der Waals surface area contributed by atoms with Gasteiger partial charge in [-0.1, -0.05) is 29.8 Å². The molecule has 0 amide bonds. The fourth-order valence-corrected chi connectivity index (χ4v) is 1.74. The van der Waals surface area contributed by atoms with E-state index in [1.807, 2.05) is 0 Å². The molecule has 80 valence electrons. The standard InChI is InChI=1S/C11H19BrN2/c1-4-10-8-11(7-6-9(3)12)14(5-2)13-10/h8-9H,4-7H2,1-3H3. The molecule has 1 heterocycles. The van der Waals surface area contributed by atoms with Gasteiger partial charge < -0.3 is 0 Å². The lowest BCUT2D eigenvalue weighted by Crippen LogP contribution is -2.04. The van der Waals surface area contributed by atoms with Gasteiger partial charge in [-0.15, -0.1) is 0 Å². The highest BCUT2D eigenvalue weighted by molar-refractivity contribution is 9.09. The van der Waals surface area contributed by atoms with Crippen LogP contribution in [0.3, 0.4) is 0 Å². The minimum absolute atomic E-state index is 0.591. The van der Waals surface area contributed by atoms with Crippen molar-refractivity contribution in [1.82, 2.24) is 9.78 Å². The van der Waals surface area contributed by atoms with Crippen LogP contribution in [-0.2, 0) is 19.4 Å². The van der Waals surface area contributed by atoms with Crippen LogP contribution in [0.5, 0.6) is 0 Å². The highest BCUT2D eigenvalue weighted by Crippen LogP contribution is 2.12. The molecule has 0 aliphatic heterocycles. The molecule has 1 atom stereocenters. The van der Waals surface area contributed by atoms with Crippen LogP contribution in [0.2, 0.25) is 0 Å². The highest BCUT2D eigenvalue weighted by atomic mass is 79.9. The van der Waals surface area contributed by atoms with Crippen LogP contribution in [0, 0.1) is 0 Å². The van der Waals surface area contributed by atoms with Gasteiger partial charge in [0, 0.05) is 17.1 Å². The number of hydrogen-bond donors (Lipinski definition) is 0. The van der Waals surface area contributed by atoms with Crippen LogP contribution in [0.15, 0.2) is 6.07 Å². The number of aryl methyl sites for hydroxylation is 3. The Hall–Kier alpha value is -0.310. The second kappa shape index (κ2) is 5.54. The zero-order valence-corrected chi connectivity index (χ0v) is 10.8. The third kappa shape index (κ3) is 3.12. The average Bonchev–Trinajstić information content (AvgIpc) is 2.57. The number of rotatable bonds is 5. The summed E-state index contributed by atoms with van der Waals surface area (Å²) in [5.41, 5.74) is 2.58. The van der Waals surface area contributed by atoms with E-state index >= 15 is 0 Å². The summed E-state index contributed by atoms with van der Waals surface area (Å²) >= 11 is 3.57. The van der Waals surface area contributed by atoms with Gasteiger partial charge in [0.2, 0.25) is 0 Å². The molecule has 1 unspecified atom stereocenters. The molecular weight excluding hydrogens is 240 g/mol. The van der Waals surface area contributed by atoms with Crippen molar-refractivity contribution in [1.29, 1.82) is 0 Å². The molecule has 0 saturated carbocycles. The van der Waals surface area contributed by atoms with Crippen LogP contribution in [0.1, 0.15) is 38.6 Å². The van der Waals surface area contributed by atoms with Crippen LogP contribution < -0.4 is 0 Å². The largest absolute Gasteiger partial charge is 0.270 e. The van der Waals surface area contributed by atoms with Gasteiger partial charge in [0.05, 0.1) is 5.69 Å². The number of nitrogens with zero attached hydrogens (tertiary/aromatic N) is 2. The quantitative estimate of drug-likeness (QED) is 0.742. The zero-order chi connectivity index (χ0) is 10.6. The van der Waals surface area contributed by atoms with Crippen molar-refractivity contribution in [3.05, 3.63) is 17.5 Å². The van der Waals surface area contributed by atoms with Crippen molar-refractivity contribution in [2.24, 2.45) is 0 Å². The molecule has 0 aromatic carbocycles. The first-order valence-electron chi connectivity index (χ1n) is 5.37. The SMILES string of the molecule is CCc1cc(CCC(C)Br)n(CC)n1. The lowest BCUT2D eigenvalue weighted by atomic mass is 10.2. The molecule has 0 saturated heterocycles. The lowest BCUT2D eigenvalue weighted by Gasteiger charge is -2.05. The van der Waals surface area contributed by atoms with Gasteiger partial charge >= 0.3 is 0 Å². The van der Waals surface area contributed by atoms with Gasteiger partial charge in [0.1, 0.15) is 0 Å². The topological polar surface area (TPSA) is 17.8 Å². The van der Waals surface area contributed by atoms with E-state index in [2.05, 4.69) is 52.5 Å². The maximum absolute atomic E-state index is 4.53. The molecular formula is C11H19BrN2. The minimum atomic E-state index is 0.591. The zero-order valence-electron chi connectivity index (χ0n) is 9.26. The Morgan fingerprint density at radius 3 is 2.71 bits per heavy atom. The van der Waals surface area contributed by atoms with Crippen LogP contribution >= 0.6 is 15.9 Å². The fourth-order valence-electron chi connectivity index (χ4n) is 1.51. The van der Waals surface area contributed by atoms with E-state index in [9.17, 15) is 0 Å². The summed E-state index contributed by atoms with van der Waals surface area (Å²) in [4.78, 5) is 0.591. The van der Waals surface area contributed by atoms with Gasteiger partial charge in [0.25, 0.3) is 0 Å². The molecule has 0 radical (unpaired) electrons. The number of hydrogen-bond acceptors (Lipinski definition) is 1. The van der Waals surface area contributed by atoms with Crippen molar-refractivity contribution < 1.29 is 0 Å². The third-order valence-electron chi connectivity index (χ3n) is 2.37. The summed E-state index contributed by atoms with van der Waals surface area (Å²) in [6.07, 6.45) is 3.33. The minimum Gasteiger partial charge on any atom is -0.270 e. The summed E-state index contributed by atoms with van der Waals surface area (Å²) < 4.78 is 2.12. The van der Waals surface area contributed by atoms with Gasteiger partial charge in [-0.3, -0.25) is 4.68 Å². The molecule has 0 fully saturated rings. The third-order valence-corrected chi connectivity index (χ3v) is 2.83. The smallest absolute Gasteiger partial charge is 0.0624 e. The summed E-state index contributed by atoms with van der Waals surface area (Å²) in [6.45, 7) is 7.46. The summed E-state index contributed by atoms with van der Waals surface area (Å²) in [5.74, 6) is 0. The van der Waals surface area contributed by atoms with E-state index < -0.39 is 0 Å². The maximum Gasteiger partial charge on any atom is 0.0624 e. The fraction of sp³-hybridized carbons (Fsp3) is 0.727. The molecule has 3 heteroatoms. The van der Waals surface area contributed by atoms with Crippen molar-refractivity contribution in [2.45, 2.75) is 51.4 Å². The van der Waals surface area contributed by atoms with E-state index in [0.29, 0.717) is 4.83 Å². The molecule has 1 rings (SSSR count). The molecule has 14 heavy (non-hydrogen) atoms. The van der Waals surface area contributed by atoms with Gasteiger partial charge in [-0.05, 0) is 32.3 Å². The molecule has 1 aromatic heterocycles. The van der Waals surface area contributed by atoms with Crippen molar-refractivity contribution in [3.63, 3.8) is 0 Å². The molecule has 0 N–H and O–H groups in total. The molecule has 0 spiro atoms. The maximum atomic E-state index is 4.53. The Morgan fingerprint density at radius 2 is 2.21 bits per heavy atom. The normalized spacial score (nSPS) is 13.1. The summed E-state index contributed by atoms with van der Waals surface area (Å²) in [6, 6.07) is 2.24. The Labute approximate surface area is 94.8 Å². The van der Waals surface area contributed by atoms with Crippen molar-refractivity contribution in [2.75, 3.05) is 0 Å². The van der Waals surface area contributed by atoms with E-state index in [1.165, 1.54) is 17.8 Å². The van der Waals surface area contributed by atoms with Crippen LogP contribution in [-0.4, -0.2) is 14.6 Å². The predicted octanol–water partition coefficient (Wildman–Crippen LogP) is 3.18. The highest BCUT2D eigenvalue weighted by Gasteiger charge is 2.06. The Kier molecular flexibility index (Phi) is 4.66. The summed E-state index contributed by atoms with van der Waals surface area (Å²) in [5, 5.41) is 4.53. The molecule has 0 aliphatic carbocycles. The van der Waals surface area contributed by atoms with Crippen LogP contribution in [0.25, 0.3) is 0 Å². The van der Waals surface area contributed by atoms with Gasteiger partial charge in [-0.25, -0.2) is 0 Å². The first kappa shape index (κ1) is 11.8. The Bertz CT molecular complexity index is 279. The second-order valence-electron chi connectivity index (χ2n) is 3.62. The first-order valence-corrected chi connectivity index (χ1v) is 6.28. The van der Waals surface area contributed by atoms with Gasteiger partial charge in [0.15, 0.2) is 0 Å². The number of alkyl halides is 1. The van der Waals surface area contributed by atoms with E-state index in [-0.39, 0.29) is 0 Å². The Morgan fingerprint density at radius 1 is 1.50 bits per heavy atom. The average molecular weight is 259 g/mol. The lowest BCUT2D eigenvalue weighted by molar-refractivity contribution is 0.603. The van der Waals surface area contributed by atoms with Crippen molar-refractivity contribution >= 4 is 15.9 Å². The van der Waals surface area contributed by atoms with E-state index in [4.69, 9.17) is 0 Å². The van der Waals surface area contributed by atoms with E-state index in [0.717, 1.165) is 19.4 Å². The molecule has 2 nitrogen and oxygen atoms in total. The van der Waals surface area contributed by atoms with Crippen LogP contribution in [0.4, 0.5) is 0 Å². The monoisotopic (exact) mass is 258 g/mol. The number of halogens is 1. The Balaban J connectivity index is 2.68. The number of aromatic nitrogens is 2. The molecule has 0 bridgehead atoms. The second-order valence-corrected chi connectivity index (χ2v) is 5.18. The summed E-state index contributed by atoms with van der Waals surface area (Å²) in [7, 11) is 0. The van der Waals surface area contributed by atoms with E-state index in [1.54, 1.807) is 0 Å². The molecule has 0 aliphatic rings. The van der Waals surface area contributed by atoms with Crippen molar-refractivity contribution in [3.8, 4) is 0 Å². The first-order chi connectivity index (χ1) is 6.67. The predicted molar refractivity (Wildman–Crippen MR) is 64.0 cm³/mol. The molecule has 1 aromatic rings. The van der Waals surface area contributed by atoms with Gasteiger partial charge in [-0.2, -0.15) is 5.10 Å².